The lowest BCUT2D eigenvalue weighted by molar-refractivity contribution is 0.346. The van der Waals surface area contributed by atoms with Crippen LogP contribution in [0.2, 0.25) is 0 Å². The summed E-state index contributed by atoms with van der Waals surface area (Å²) in [6, 6.07) is 0.649. The molecule has 4 nitrogen and oxygen atoms in total. The normalized spacial score (nSPS) is 27.4. The Kier molecular flexibility index (Phi) is 2.53. The van der Waals surface area contributed by atoms with Crippen LogP contribution in [0.25, 0.3) is 0 Å². The molecule has 3 rings (SSSR count). The summed E-state index contributed by atoms with van der Waals surface area (Å²) in [6.07, 6.45) is 3.67. The Bertz CT molecular complexity index is 423. The molecule has 1 N–H and O–H groups in total. The van der Waals surface area contributed by atoms with Gasteiger partial charge in [-0.2, -0.15) is 5.10 Å². The van der Waals surface area contributed by atoms with E-state index in [1.54, 1.807) is 0 Å². The molecule has 17 heavy (non-hydrogen) atoms. The maximum atomic E-state index is 4.64. The molecule has 0 amide bonds. The molecular weight excluding hydrogens is 212 g/mol. The molecule has 0 aliphatic carbocycles. The molecule has 0 bridgehead atoms. The van der Waals surface area contributed by atoms with Crippen molar-refractivity contribution in [3.05, 3.63) is 5.69 Å². The van der Waals surface area contributed by atoms with Crippen LogP contribution < -0.4 is 10.2 Å². The number of hydrogen-bond acceptors (Lipinski definition) is 3. The van der Waals surface area contributed by atoms with Gasteiger partial charge in [0, 0.05) is 20.1 Å². The van der Waals surface area contributed by atoms with Gasteiger partial charge >= 0.3 is 0 Å². The Morgan fingerprint density at radius 1 is 1.47 bits per heavy atom. The summed E-state index contributed by atoms with van der Waals surface area (Å²) in [7, 11) is 2.07. The first-order chi connectivity index (χ1) is 8.22. The molecule has 4 heteroatoms. The fourth-order valence-electron chi connectivity index (χ4n) is 3.36. The van der Waals surface area contributed by atoms with Gasteiger partial charge in [0.1, 0.15) is 5.69 Å². The van der Waals surface area contributed by atoms with Gasteiger partial charge in [0.25, 0.3) is 0 Å². The Hall–Kier alpha value is -1.19. The van der Waals surface area contributed by atoms with E-state index in [0.29, 0.717) is 6.04 Å². The summed E-state index contributed by atoms with van der Waals surface area (Å²) in [4.78, 5) is 2.58. The molecule has 1 aromatic heterocycles. The van der Waals surface area contributed by atoms with E-state index in [4.69, 9.17) is 0 Å². The number of aromatic nitrogens is 2. The fraction of sp³-hybridized carbons (Fsp3) is 0.769. The number of nitrogens with one attached hydrogen (secondary N) is 1. The highest BCUT2D eigenvalue weighted by atomic mass is 15.4. The van der Waals surface area contributed by atoms with Crippen molar-refractivity contribution < 1.29 is 0 Å². The molecule has 1 aromatic rings. The van der Waals surface area contributed by atoms with Crippen LogP contribution in [0.1, 0.15) is 32.4 Å². The van der Waals surface area contributed by atoms with Gasteiger partial charge in [-0.25, -0.2) is 0 Å². The summed E-state index contributed by atoms with van der Waals surface area (Å²) >= 11 is 0. The van der Waals surface area contributed by atoms with E-state index in [0.717, 1.165) is 18.9 Å². The van der Waals surface area contributed by atoms with Gasteiger partial charge in [0.2, 0.25) is 0 Å². The second kappa shape index (κ2) is 3.93. The van der Waals surface area contributed by atoms with Crippen molar-refractivity contribution in [2.45, 2.75) is 39.2 Å². The zero-order valence-corrected chi connectivity index (χ0v) is 11.0. The first-order valence-electron chi connectivity index (χ1n) is 6.78. The SMILES string of the molecule is CCc1nn(C)c2c1NCC1C(C)CCCN21. The summed E-state index contributed by atoms with van der Waals surface area (Å²) in [5.74, 6) is 2.09. The lowest BCUT2D eigenvalue weighted by Gasteiger charge is -2.44. The van der Waals surface area contributed by atoms with Crippen LogP contribution in [0.3, 0.4) is 0 Å². The third-order valence-electron chi connectivity index (χ3n) is 4.30. The summed E-state index contributed by atoms with van der Waals surface area (Å²) in [6.45, 7) is 6.81. The summed E-state index contributed by atoms with van der Waals surface area (Å²) < 4.78 is 2.06. The van der Waals surface area contributed by atoms with Crippen molar-refractivity contribution in [1.29, 1.82) is 0 Å². The molecule has 2 atom stereocenters. The average molecular weight is 234 g/mol. The van der Waals surface area contributed by atoms with E-state index in [-0.39, 0.29) is 0 Å². The van der Waals surface area contributed by atoms with Crippen molar-refractivity contribution in [3.63, 3.8) is 0 Å². The van der Waals surface area contributed by atoms with Crippen LogP contribution in [0, 0.1) is 5.92 Å². The molecule has 0 saturated carbocycles. The second-order valence-electron chi connectivity index (χ2n) is 5.38. The quantitative estimate of drug-likeness (QED) is 0.807. The number of rotatable bonds is 1. The minimum Gasteiger partial charge on any atom is -0.378 e. The first kappa shape index (κ1) is 10.9. The van der Waals surface area contributed by atoms with Gasteiger partial charge in [0.05, 0.1) is 11.7 Å². The van der Waals surface area contributed by atoms with Crippen molar-refractivity contribution in [2.75, 3.05) is 23.3 Å². The average Bonchev–Trinajstić information content (AvgIpc) is 2.67. The van der Waals surface area contributed by atoms with Crippen LogP contribution in [-0.4, -0.2) is 28.9 Å². The first-order valence-corrected chi connectivity index (χ1v) is 6.78. The largest absolute Gasteiger partial charge is 0.378 e. The molecule has 2 aliphatic heterocycles. The van der Waals surface area contributed by atoms with E-state index in [1.165, 1.54) is 36.6 Å². The highest BCUT2D eigenvalue weighted by molar-refractivity contribution is 5.72. The van der Waals surface area contributed by atoms with E-state index >= 15 is 0 Å². The predicted molar refractivity (Wildman–Crippen MR) is 70.6 cm³/mol. The minimum absolute atomic E-state index is 0.649. The zero-order chi connectivity index (χ0) is 12.0. The molecule has 0 aromatic carbocycles. The second-order valence-corrected chi connectivity index (χ2v) is 5.38. The minimum atomic E-state index is 0.649. The Morgan fingerprint density at radius 2 is 2.29 bits per heavy atom. The van der Waals surface area contributed by atoms with Gasteiger partial charge in [0.15, 0.2) is 5.82 Å². The van der Waals surface area contributed by atoms with Crippen LogP contribution in [0.4, 0.5) is 11.5 Å². The van der Waals surface area contributed by atoms with Crippen molar-refractivity contribution in [3.8, 4) is 0 Å². The number of hydrogen-bond donors (Lipinski definition) is 1. The van der Waals surface area contributed by atoms with Crippen LogP contribution >= 0.6 is 0 Å². The lowest BCUT2D eigenvalue weighted by atomic mass is 9.89. The van der Waals surface area contributed by atoms with E-state index < -0.39 is 0 Å². The molecular formula is C13H22N4. The lowest BCUT2D eigenvalue weighted by Crippen LogP contribution is -2.51. The third kappa shape index (κ3) is 1.53. The molecule has 2 aliphatic rings. The molecule has 1 saturated heterocycles. The number of piperidine rings is 1. The maximum absolute atomic E-state index is 4.64. The predicted octanol–water partition coefficient (Wildman–Crippen LogP) is 2.01. The van der Waals surface area contributed by atoms with Gasteiger partial charge in [-0.1, -0.05) is 13.8 Å². The van der Waals surface area contributed by atoms with Crippen LogP contribution in [0.15, 0.2) is 0 Å². The van der Waals surface area contributed by atoms with Gasteiger partial charge in [-0.3, -0.25) is 4.68 Å². The number of nitrogens with zero attached hydrogens (tertiary/aromatic N) is 3. The third-order valence-corrected chi connectivity index (χ3v) is 4.30. The molecule has 94 valence electrons. The molecule has 1 fully saturated rings. The molecule has 3 heterocycles. The fourth-order valence-corrected chi connectivity index (χ4v) is 3.36. The number of fused-ring (bicyclic) bond motifs is 3. The van der Waals surface area contributed by atoms with Crippen LogP contribution in [0.5, 0.6) is 0 Å². The van der Waals surface area contributed by atoms with Crippen LogP contribution in [-0.2, 0) is 13.5 Å². The van der Waals surface area contributed by atoms with E-state index in [2.05, 4.69) is 40.9 Å². The van der Waals surface area contributed by atoms with Gasteiger partial charge in [-0.05, 0) is 25.2 Å². The molecule has 0 spiro atoms. The number of anilines is 2. The van der Waals surface area contributed by atoms with Gasteiger partial charge < -0.3 is 10.2 Å². The highest BCUT2D eigenvalue weighted by Gasteiger charge is 2.36. The Morgan fingerprint density at radius 3 is 3.06 bits per heavy atom. The Balaban J connectivity index is 2.03. The van der Waals surface area contributed by atoms with E-state index in [1.807, 2.05) is 0 Å². The summed E-state index contributed by atoms with van der Waals surface area (Å²) in [5.41, 5.74) is 2.49. The highest BCUT2D eigenvalue weighted by Crippen LogP contribution is 2.38. The summed E-state index contributed by atoms with van der Waals surface area (Å²) in [5, 5.41) is 8.25. The Labute approximate surface area is 103 Å². The number of aryl methyl sites for hydroxylation is 2. The van der Waals surface area contributed by atoms with E-state index in [9.17, 15) is 0 Å². The maximum Gasteiger partial charge on any atom is 0.150 e. The molecule has 0 radical (unpaired) electrons. The standard InChI is InChI=1S/C13H22N4/c1-4-10-12-13(16(3)15-10)17-7-5-6-9(2)11(17)8-14-12/h9,11,14H,4-8H2,1-3H3. The molecule has 2 unspecified atom stereocenters. The smallest absolute Gasteiger partial charge is 0.150 e. The monoisotopic (exact) mass is 234 g/mol. The van der Waals surface area contributed by atoms with Crippen molar-refractivity contribution in [1.82, 2.24) is 9.78 Å². The van der Waals surface area contributed by atoms with Gasteiger partial charge in [-0.15, -0.1) is 0 Å². The van der Waals surface area contributed by atoms with Crippen molar-refractivity contribution >= 4 is 11.5 Å². The van der Waals surface area contributed by atoms with Crippen molar-refractivity contribution in [2.24, 2.45) is 13.0 Å². The zero-order valence-electron chi connectivity index (χ0n) is 11.0. The topological polar surface area (TPSA) is 33.1 Å².